The summed E-state index contributed by atoms with van der Waals surface area (Å²) >= 11 is 0. The summed E-state index contributed by atoms with van der Waals surface area (Å²) in [5.74, 6) is 1.63. The number of carbonyl (C=O) groups is 1. The zero-order chi connectivity index (χ0) is 16.9. The molecule has 0 atom stereocenters. The van der Waals surface area contributed by atoms with Gasteiger partial charge in [-0.3, -0.25) is 4.79 Å². The summed E-state index contributed by atoms with van der Waals surface area (Å²) in [7, 11) is -1.90. The van der Waals surface area contributed by atoms with Crippen molar-refractivity contribution in [2.45, 2.75) is 72.5 Å². The van der Waals surface area contributed by atoms with Crippen LogP contribution >= 0.6 is 0 Å². The van der Waals surface area contributed by atoms with Crippen LogP contribution in [0.15, 0.2) is 0 Å². The Morgan fingerprint density at radius 3 is 2.14 bits per heavy atom. The van der Waals surface area contributed by atoms with E-state index in [2.05, 4.69) is 47.7 Å². The van der Waals surface area contributed by atoms with Gasteiger partial charge in [0.05, 0.1) is 6.42 Å². The standard InChI is InChI=1S/C18H28O3Si/c1-11-12(2)17-14(9-10-15(19)20-17)13(3)16(11)21-22(7,8)18(4,5)6/h9-10H2,1-8H3. The topological polar surface area (TPSA) is 35.5 Å². The average Bonchev–Trinajstić information content (AvgIpc) is 2.40. The van der Waals surface area contributed by atoms with Crippen LogP contribution in [0.5, 0.6) is 11.5 Å². The van der Waals surface area contributed by atoms with E-state index in [0.29, 0.717) is 6.42 Å². The van der Waals surface area contributed by atoms with Crippen molar-refractivity contribution >= 4 is 14.3 Å². The predicted molar refractivity (Wildman–Crippen MR) is 92.4 cm³/mol. The van der Waals surface area contributed by atoms with Crippen LogP contribution in [0.2, 0.25) is 18.1 Å². The van der Waals surface area contributed by atoms with E-state index in [9.17, 15) is 4.79 Å². The molecule has 0 fully saturated rings. The van der Waals surface area contributed by atoms with Crippen molar-refractivity contribution in [1.82, 2.24) is 0 Å². The molecule has 1 aromatic carbocycles. The van der Waals surface area contributed by atoms with Gasteiger partial charge in [-0.1, -0.05) is 20.8 Å². The highest BCUT2D eigenvalue weighted by Crippen LogP contribution is 2.44. The maximum atomic E-state index is 11.6. The van der Waals surface area contributed by atoms with E-state index in [1.807, 2.05) is 6.92 Å². The molecule has 0 spiro atoms. The molecule has 0 bridgehead atoms. The first kappa shape index (κ1) is 17.1. The monoisotopic (exact) mass is 320 g/mol. The summed E-state index contributed by atoms with van der Waals surface area (Å²) in [5.41, 5.74) is 4.39. The molecule has 1 aliphatic rings. The summed E-state index contributed by atoms with van der Waals surface area (Å²) in [4.78, 5) is 11.6. The molecule has 0 N–H and O–H groups in total. The van der Waals surface area contributed by atoms with Gasteiger partial charge in [-0.15, -0.1) is 0 Å². The van der Waals surface area contributed by atoms with Crippen LogP contribution in [0.25, 0.3) is 0 Å². The molecule has 2 rings (SSSR count). The van der Waals surface area contributed by atoms with Crippen LogP contribution in [-0.4, -0.2) is 14.3 Å². The van der Waals surface area contributed by atoms with Gasteiger partial charge in [0.25, 0.3) is 8.32 Å². The Balaban J connectivity index is 2.55. The third-order valence-electron chi connectivity index (χ3n) is 5.27. The van der Waals surface area contributed by atoms with E-state index in [4.69, 9.17) is 9.16 Å². The van der Waals surface area contributed by atoms with Gasteiger partial charge < -0.3 is 9.16 Å². The van der Waals surface area contributed by atoms with Crippen LogP contribution in [0.4, 0.5) is 0 Å². The number of hydrogen-bond donors (Lipinski definition) is 0. The van der Waals surface area contributed by atoms with E-state index in [0.717, 1.165) is 40.2 Å². The Morgan fingerprint density at radius 1 is 1.00 bits per heavy atom. The van der Waals surface area contributed by atoms with Gasteiger partial charge in [-0.2, -0.15) is 0 Å². The van der Waals surface area contributed by atoms with Crippen molar-refractivity contribution in [2.75, 3.05) is 0 Å². The van der Waals surface area contributed by atoms with Crippen molar-refractivity contribution in [3.05, 3.63) is 22.3 Å². The second kappa shape index (κ2) is 5.41. The lowest BCUT2D eigenvalue weighted by Gasteiger charge is -2.38. The maximum Gasteiger partial charge on any atom is 0.311 e. The van der Waals surface area contributed by atoms with E-state index >= 15 is 0 Å². The molecule has 1 heterocycles. The Morgan fingerprint density at radius 2 is 1.59 bits per heavy atom. The second-order valence-corrected chi connectivity index (χ2v) is 12.6. The molecule has 0 saturated carbocycles. The van der Waals surface area contributed by atoms with Crippen LogP contribution < -0.4 is 9.16 Å². The average molecular weight is 321 g/mol. The molecule has 0 aromatic heterocycles. The number of carbonyl (C=O) groups excluding carboxylic acids is 1. The van der Waals surface area contributed by atoms with Crippen LogP contribution in [0, 0.1) is 20.8 Å². The molecular formula is C18H28O3Si. The minimum Gasteiger partial charge on any atom is -0.543 e. The Kier molecular flexibility index (Phi) is 4.20. The van der Waals surface area contributed by atoms with Crippen LogP contribution in [0.3, 0.4) is 0 Å². The van der Waals surface area contributed by atoms with Gasteiger partial charge in [0.15, 0.2) is 0 Å². The van der Waals surface area contributed by atoms with E-state index in [1.165, 1.54) is 0 Å². The van der Waals surface area contributed by atoms with Gasteiger partial charge in [0.2, 0.25) is 0 Å². The molecule has 0 aliphatic carbocycles. The van der Waals surface area contributed by atoms with E-state index < -0.39 is 8.32 Å². The van der Waals surface area contributed by atoms with Gasteiger partial charge >= 0.3 is 5.97 Å². The zero-order valence-electron chi connectivity index (χ0n) is 15.1. The largest absolute Gasteiger partial charge is 0.543 e. The minimum absolute atomic E-state index is 0.132. The molecule has 122 valence electrons. The zero-order valence-corrected chi connectivity index (χ0v) is 16.1. The predicted octanol–water partition coefficient (Wildman–Crippen LogP) is 4.85. The quantitative estimate of drug-likeness (QED) is 0.444. The third kappa shape index (κ3) is 2.81. The molecule has 4 heteroatoms. The summed E-state index contributed by atoms with van der Waals surface area (Å²) in [6.45, 7) is 17.4. The second-order valence-electron chi connectivity index (χ2n) is 7.85. The Labute approximate surface area is 135 Å². The van der Waals surface area contributed by atoms with Gasteiger partial charge in [-0.05, 0) is 62.0 Å². The number of fused-ring (bicyclic) bond motifs is 1. The SMILES string of the molecule is Cc1c(C)c2c(c(C)c1O[Si](C)(C)C(C)(C)C)CCC(=O)O2. The van der Waals surface area contributed by atoms with Crippen molar-refractivity contribution in [2.24, 2.45) is 0 Å². The highest BCUT2D eigenvalue weighted by atomic mass is 28.4. The van der Waals surface area contributed by atoms with E-state index in [1.54, 1.807) is 0 Å². The molecule has 3 nitrogen and oxygen atoms in total. The fourth-order valence-corrected chi connectivity index (χ4v) is 3.67. The lowest BCUT2D eigenvalue weighted by molar-refractivity contribution is -0.135. The minimum atomic E-state index is -1.90. The molecule has 1 aliphatic heterocycles. The number of esters is 1. The molecule has 0 radical (unpaired) electrons. The highest BCUT2D eigenvalue weighted by molar-refractivity contribution is 6.74. The molecule has 0 saturated heterocycles. The Bertz CT molecular complexity index is 624. The van der Waals surface area contributed by atoms with Gasteiger partial charge in [0.1, 0.15) is 11.5 Å². The fraction of sp³-hybridized carbons (Fsp3) is 0.611. The van der Waals surface area contributed by atoms with Crippen molar-refractivity contribution in [1.29, 1.82) is 0 Å². The number of rotatable bonds is 2. The molecule has 22 heavy (non-hydrogen) atoms. The lowest BCUT2D eigenvalue weighted by atomic mass is 9.93. The fourth-order valence-electron chi connectivity index (χ4n) is 2.55. The third-order valence-corrected chi connectivity index (χ3v) is 9.60. The van der Waals surface area contributed by atoms with Gasteiger partial charge in [-0.25, -0.2) is 0 Å². The first-order valence-corrected chi connectivity index (χ1v) is 10.9. The normalized spacial score (nSPS) is 15.4. The summed E-state index contributed by atoms with van der Waals surface area (Å²) in [6, 6.07) is 0. The number of hydrogen-bond acceptors (Lipinski definition) is 3. The van der Waals surface area contributed by atoms with Crippen molar-refractivity contribution in [3.63, 3.8) is 0 Å². The van der Waals surface area contributed by atoms with E-state index in [-0.39, 0.29) is 11.0 Å². The van der Waals surface area contributed by atoms with Crippen LogP contribution in [-0.2, 0) is 11.2 Å². The summed E-state index contributed by atoms with van der Waals surface area (Å²) in [5, 5.41) is 0.155. The number of benzene rings is 1. The van der Waals surface area contributed by atoms with Crippen molar-refractivity contribution < 1.29 is 14.0 Å². The number of ether oxygens (including phenoxy) is 1. The summed E-state index contributed by atoms with van der Waals surface area (Å²) in [6.07, 6.45) is 1.20. The maximum absolute atomic E-state index is 11.6. The van der Waals surface area contributed by atoms with Gasteiger partial charge in [0, 0.05) is 5.56 Å². The van der Waals surface area contributed by atoms with Crippen LogP contribution in [0.1, 0.15) is 49.4 Å². The molecule has 1 aromatic rings. The smallest absolute Gasteiger partial charge is 0.311 e. The van der Waals surface area contributed by atoms with Crippen molar-refractivity contribution in [3.8, 4) is 11.5 Å². The molecular weight excluding hydrogens is 292 g/mol. The first-order chi connectivity index (χ1) is 9.95. The first-order valence-electron chi connectivity index (χ1n) is 7.98. The Hall–Kier alpha value is -1.29. The molecule has 0 unspecified atom stereocenters. The molecule has 0 amide bonds. The highest BCUT2D eigenvalue weighted by Gasteiger charge is 2.40. The lowest BCUT2D eigenvalue weighted by Crippen LogP contribution is -2.44. The summed E-state index contributed by atoms with van der Waals surface area (Å²) < 4.78 is 12.1.